The highest BCUT2D eigenvalue weighted by Gasteiger charge is 2.28. The summed E-state index contributed by atoms with van der Waals surface area (Å²) in [6.07, 6.45) is 0. The van der Waals surface area contributed by atoms with E-state index in [4.69, 9.17) is 0 Å². The first-order chi connectivity index (χ1) is 9.92. The Labute approximate surface area is 125 Å². The van der Waals surface area contributed by atoms with Crippen LogP contribution in [-0.2, 0) is 0 Å². The van der Waals surface area contributed by atoms with Crippen molar-refractivity contribution in [3.63, 3.8) is 0 Å². The third kappa shape index (κ3) is 3.41. The van der Waals surface area contributed by atoms with Crippen molar-refractivity contribution in [1.82, 2.24) is 9.88 Å². The fourth-order valence-electron chi connectivity index (χ4n) is 2.63. The minimum atomic E-state index is -0.366. The van der Waals surface area contributed by atoms with Gasteiger partial charge in [0.25, 0.3) is 5.69 Å². The Balaban J connectivity index is 2.31. The molecule has 0 aliphatic carbocycles. The van der Waals surface area contributed by atoms with Gasteiger partial charge in [-0.3, -0.25) is 15.0 Å². The van der Waals surface area contributed by atoms with Gasteiger partial charge in [-0.15, -0.1) is 0 Å². The molecule has 1 N–H and O–H groups in total. The number of aromatic nitrogens is 1. The number of hydrogen-bond acceptors (Lipinski definition) is 6. The molecule has 2 atom stereocenters. The average molecular weight is 293 g/mol. The van der Waals surface area contributed by atoms with Gasteiger partial charge in [-0.05, 0) is 27.8 Å². The molecular formula is C14H23N5O2. The van der Waals surface area contributed by atoms with Crippen molar-refractivity contribution >= 4 is 17.3 Å². The van der Waals surface area contributed by atoms with Gasteiger partial charge in [0.1, 0.15) is 11.6 Å². The normalized spacial score (nSPS) is 23.1. The predicted molar refractivity (Wildman–Crippen MR) is 84.0 cm³/mol. The number of piperazine rings is 1. The van der Waals surface area contributed by atoms with Crippen LogP contribution in [-0.4, -0.2) is 53.6 Å². The molecule has 1 aliphatic rings. The lowest BCUT2D eigenvalue weighted by molar-refractivity contribution is -0.384. The topological polar surface area (TPSA) is 74.5 Å². The summed E-state index contributed by atoms with van der Waals surface area (Å²) >= 11 is 0. The quantitative estimate of drug-likeness (QED) is 0.675. The summed E-state index contributed by atoms with van der Waals surface area (Å²) in [7, 11) is 2.11. The van der Waals surface area contributed by atoms with Gasteiger partial charge in [0.2, 0.25) is 0 Å². The number of pyridine rings is 1. The summed E-state index contributed by atoms with van der Waals surface area (Å²) < 4.78 is 0. The van der Waals surface area contributed by atoms with Crippen molar-refractivity contribution in [3.05, 3.63) is 22.2 Å². The molecule has 7 heteroatoms. The van der Waals surface area contributed by atoms with Crippen LogP contribution in [0.5, 0.6) is 0 Å². The number of hydrogen-bond donors (Lipinski definition) is 1. The van der Waals surface area contributed by atoms with E-state index in [1.165, 1.54) is 6.07 Å². The van der Waals surface area contributed by atoms with Gasteiger partial charge in [-0.2, -0.15) is 0 Å². The van der Waals surface area contributed by atoms with Gasteiger partial charge in [0, 0.05) is 31.7 Å². The van der Waals surface area contributed by atoms with Crippen molar-refractivity contribution in [1.29, 1.82) is 0 Å². The third-order valence-electron chi connectivity index (χ3n) is 4.05. The van der Waals surface area contributed by atoms with Crippen LogP contribution in [0.2, 0.25) is 0 Å². The minimum Gasteiger partial charge on any atom is -0.370 e. The van der Waals surface area contributed by atoms with E-state index in [0.717, 1.165) is 13.1 Å². The van der Waals surface area contributed by atoms with Crippen LogP contribution in [0.3, 0.4) is 0 Å². The van der Waals surface area contributed by atoms with Crippen molar-refractivity contribution < 1.29 is 4.92 Å². The number of nitrogens with one attached hydrogen (secondary N) is 1. The summed E-state index contributed by atoms with van der Waals surface area (Å²) in [5.41, 5.74) is 0.0789. The Morgan fingerprint density at radius 3 is 2.52 bits per heavy atom. The summed E-state index contributed by atoms with van der Waals surface area (Å²) in [6, 6.07) is 3.82. The SMILES string of the molecule is CCNc1cc([N+](=O)[O-])cc(N2CC(C)N(C)C(C)C2)n1. The molecule has 1 fully saturated rings. The zero-order chi connectivity index (χ0) is 15.6. The lowest BCUT2D eigenvalue weighted by Gasteiger charge is -2.42. The molecule has 1 aromatic heterocycles. The molecule has 116 valence electrons. The van der Waals surface area contributed by atoms with Gasteiger partial charge in [-0.1, -0.05) is 0 Å². The van der Waals surface area contributed by atoms with Crippen molar-refractivity contribution in [3.8, 4) is 0 Å². The summed E-state index contributed by atoms with van der Waals surface area (Å²) in [5, 5.41) is 14.2. The van der Waals surface area contributed by atoms with Crippen LogP contribution < -0.4 is 10.2 Å². The molecule has 1 saturated heterocycles. The Bertz CT molecular complexity index is 510. The highest BCUT2D eigenvalue weighted by atomic mass is 16.6. The van der Waals surface area contributed by atoms with Crippen molar-refractivity contribution in [2.75, 3.05) is 36.9 Å². The Morgan fingerprint density at radius 1 is 1.38 bits per heavy atom. The Morgan fingerprint density at radius 2 is 2.00 bits per heavy atom. The van der Waals surface area contributed by atoms with Gasteiger partial charge in [0.15, 0.2) is 0 Å². The van der Waals surface area contributed by atoms with Crippen LogP contribution >= 0.6 is 0 Å². The Hall–Kier alpha value is -1.89. The molecule has 0 saturated carbocycles. The summed E-state index contributed by atoms with van der Waals surface area (Å²) in [4.78, 5) is 19.7. The molecule has 1 aliphatic heterocycles. The number of anilines is 2. The van der Waals surface area contributed by atoms with Gasteiger partial charge >= 0.3 is 0 Å². The summed E-state index contributed by atoms with van der Waals surface area (Å²) in [5.74, 6) is 1.23. The molecule has 0 amide bonds. The van der Waals surface area contributed by atoms with Crippen LogP contribution in [0.1, 0.15) is 20.8 Å². The maximum absolute atomic E-state index is 11.1. The first-order valence-electron chi connectivity index (χ1n) is 7.29. The second kappa shape index (κ2) is 6.26. The molecule has 0 radical (unpaired) electrons. The van der Waals surface area contributed by atoms with Gasteiger partial charge in [-0.25, -0.2) is 4.98 Å². The molecule has 0 bridgehead atoms. The molecule has 2 rings (SSSR count). The number of nitrogens with zero attached hydrogens (tertiary/aromatic N) is 4. The highest BCUT2D eigenvalue weighted by molar-refractivity contribution is 5.56. The fraction of sp³-hybridized carbons (Fsp3) is 0.643. The lowest BCUT2D eigenvalue weighted by Crippen LogP contribution is -2.55. The molecule has 7 nitrogen and oxygen atoms in total. The monoisotopic (exact) mass is 293 g/mol. The maximum Gasteiger partial charge on any atom is 0.276 e. The highest BCUT2D eigenvalue weighted by Crippen LogP contribution is 2.26. The van der Waals surface area contributed by atoms with E-state index in [1.807, 2.05) is 6.92 Å². The van der Waals surface area contributed by atoms with Crippen LogP contribution in [0.25, 0.3) is 0 Å². The van der Waals surface area contributed by atoms with Crippen LogP contribution in [0, 0.1) is 10.1 Å². The third-order valence-corrected chi connectivity index (χ3v) is 4.05. The number of likely N-dealkylation sites (N-methyl/N-ethyl adjacent to an activating group) is 1. The van der Waals surface area contributed by atoms with E-state index < -0.39 is 0 Å². The number of nitro groups is 1. The molecule has 0 spiro atoms. The second-order valence-electron chi connectivity index (χ2n) is 5.62. The first kappa shape index (κ1) is 15.5. The predicted octanol–water partition coefficient (Wildman–Crippen LogP) is 1.95. The molecule has 2 heterocycles. The standard InChI is InChI=1S/C14H23N5O2/c1-5-15-13-6-12(19(20)21)7-14(16-13)18-8-10(2)17(4)11(3)9-18/h6-7,10-11H,5,8-9H2,1-4H3,(H,15,16). The van der Waals surface area contributed by atoms with E-state index in [1.54, 1.807) is 6.07 Å². The van der Waals surface area contributed by atoms with Crippen LogP contribution in [0.4, 0.5) is 17.3 Å². The zero-order valence-corrected chi connectivity index (χ0v) is 13.0. The molecule has 21 heavy (non-hydrogen) atoms. The largest absolute Gasteiger partial charge is 0.370 e. The maximum atomic E-state index is 11.1. The lowest BCUT2D eigenvalue weighted by atomic mass is 10.1. The van der Waals surface area contributed by atoms with Gasteiger partial charge in [0.05, 0.1) is 17.1 Å². The van der Waals surface area contributed by atoms with Crippen molar-refractivity contribution in [2.24, 2.45) is 0 Å². The van der Waals surface area contributed by atoms with Crippen molar-refractivity contribution in [2.45, 2.75) is 32.9 Å². The average Bonchev–Trinajstić information content (AvgIpc) is 2.44. The zero-order valence-electron chi connectivity index (χ0n) is 13.0. The second-order valence-corrected chi connectivity index (χ2v) is 5.62. The minimum absolute atomic E-state index is 0.0789. The van der Waals surface area contributed by atoms with E-state index in [-0.39, 0.29) is 10.6 Å². The smallest absolute Gasteiger partial charge is 0.276 e. The summed E-state index contributed by atoms with van der Waals surface area (Å²) in [6.45, 7) is 8.58. The Kier molecular flexibility index (Phi) is 4.62. The van der Waals surface area contributed by atoms with E-state index in [9.17, 15) is 10.1 Å². The molecule has 2 unspecified atom stereocenters. The molecular weight excluding hydrogens is 270 g/mol. The molecule has 1 aromatic rings. The number of rotatable bonds is 4. The van der Waals surface area contributed by atoms with E-state index in [2.05, 4.69) is 41.0 Å². The van der Waals surface area contributed by atoms with E-state index >= 15 is 0 Å². The van der Waals surface area contributed by atoms with E-state index in [0.29, 0.717) is 30.3 Å². The first-order valence-corrected chi connectivity index (χ1v) is 7.29. The fourth-order valence-corrected chi connectivity index (χ4v) is 2.63. The van der Waals surface area contributed by atoms with Crippen LogP contribution in [0.15, 0.2) is 12.1 Å². The van der Waals surface area contributed by atoms with Gasteiger partial charge < -0.3 is 10.2 Å². The molecule has 0 aromatic carbocycles.